The molecule has 0 unspecified atom stereocenters. The van der Waals surface area contributed by atoms with E-state index in [4.69, 9.17) is 5.26 Å². The molecule has 0 bridgehead atoms. The quantitative estimate of drug-likeness (QED) is 0.589. The number of nitro benzene ring substituents is 1. The van der Waals surface area contributed by atoms with Gasteiger partial charge in [-0.05, 0) is 35.7 Å². The average molecular weight is 292 g/mol. The molecule has 6 heteroatoms. The van der Waals surface area contributed by atoms with Gasteiger partial charge in [-0.1, -0.05) is 6.07 Å². The minimum Gasteiger partial charge on any atom is -0.350 e. The second-order valence-corrected chi connectivity index (χ2v) is 4.93. The maximum absolute atomic E-state index is 11.2. The standard InChI is InChI=1S/C16H12N4O2/c1-19-7-6-12-3-4-13(9-15(12)19)18-14-5-2-11(10-17)8-16(14)20(21)22/h2-9,18H,1H3. The van der Waals surface area contributed by atoms with Crippen molar-refractivity contribution >= 4 is 28.0 Å². The summed E-state index contributed by atoms with van der Waals surface area (Å²) in [5.74, 6) is 0. The number of nitriles is 1. The lowest BCUT2D eigenvalue weighted by atomic mass is 10.1. The molecule has 3 rings (SSSR count). The van der Waals surface area contributed by atoms with Crippen molar-refractivity contribution < 1.29 is 4.92 Å². The number of nitro groups is 1. The number of benzene rings is 2. The number of fused-ring (bicyclic) bond motifs is 1. The first kappa shape index (κ1) is 13.6. The number of rotatable bonds is 3. The molecule has 0 saturated carbocycles. The second-order valence-electron chi connectivity index (χ2n) is 4.93. The first-order valence-electron chi connectivity index (χ1n) is 6.59. The highest BCUT2D eigenvalue weighted by Gasteiger charge is 2.15. The Bertz CT molecular complexity index is 922. The first-order valence-corrected chi connectivity index (χ1v) is 6.59. The summed E-state index contributed by atoms with van der Waals surface area (Å²) in [6, 6.07) is 14.0. The number of anilines is 2. The Hall–Kier alpha value is -3.33. The third kappa shape index (κ3) is 2.36. The summed E-state index contributed by atoms with van der Waals surface area (Å²) in [4.78, 5) is 10.7. The van der Waals surface area contributed by atoms with Crippen LogP contribution in [0.4, 0.5) is 17.1 Å². The molecule has 6 nitrogen and oxygen atoms in total. The molecule has 1 aromatic heterocycles. The van der Waals surface area contributed by atoms with Crippen molar-refractivity contribution in [3.8, 4) is 6.07 Å². The Labute approximate surface area is 126 Å². The van der Waals surface area contributed by atoms with E-state index in [9.17, 15) is 10.1 Å². The average Bonchev–Trinajstić information content (AvgIpc) is 2.88. The number of aromatic nitrogens is 1. The van der Waals surface area contributed by atoms with Gasteiger partial charge in [0.25, 0.3) is 5.69 Å². The molecule has 0 saturated heterocycles. The molecule has 1 N–H and O–H groups in total. The van der Waals surface area contributed by atoms with Gasteiger partial charge in [-0.15, -0.1) is 0 Å². The zero-order chi connectivity index (χ0) is 15.7. The molecule has 0 amide bonds. The molecule has 0 aliphatic carbocycles. The molecule has 1 heterocycles. The SMILES string of the molecule is Cn1ccc2ccc(Nc3ccc(C#N)cc3[N+](=O)[O-])cc21. The Morgan fingerprint density at radius 2 is 2.05 bits per heavy atom. The lowest BCUT2D eigenvalue weighted by Gasteiger charge is -2.08. The highest BCUT2D eigenvalue weighted by molar-refractivity contribution is 5.85. The largest absolute Gasteiger partial charge is 0.350 e. The Balaban J connectivity index is 2.02. The topological polar surface area (TPSA) is 83.9 Å². The minimum atomic E-state index is -0.496. The van der Waals surface area contributed by atoms with Gasteiger partial charge in [0, 0.05) is 30.5 Å². The van der Waals surface area contributed by atoms with Crippen LogP contribution in [0.25, 0.3) is 10.9 Å². The fourth-order valence-electron chi connectivity index (χ4n) is 2.35. The molecule has 108 valence electrons. The monoisotopic (exact) mass is 292 g/mol. The number of nitrogens with one attached hydrogen (secondary N) is 1. The Morgan fingerprint density at radius 1 is 1.23 bits per heavy atom. The molecule has 0 atom stereocenters. The number of hydrogen-bond acceptors (Lipinski definition) is 4. The maximum Gasteiger partial charge on any atom is 0.293 e. The third-order valence-corrected chi connectivity index (χ3v) is 3.49. The van der Waals surface area contributed by atoms with E-state index in [1.807, 2.05) is 48.1 Å². The van der Waals surface area contributed by atoms with Crippen LogP contribution >= 0.6 is 0 Å². The molecular formula is C16H12N4O2. The molecule has 0 radical (unpaired) electrons. The predicted molar refractivity (Wildman–Crippen MR) is 84.0 cm³/mol. The molecule has 3 aromatic rings. The van der Waals surface area contributed by atoms with Crippen LogP contribution < -0.4 is 5.32 Å². The van der Waals surface area contributed by atoms with Crippen molar-refractivity contribution in [3.05, 3.63) is 64.3 Å². The minimum absolute atomic E-state index is 0.119. The zero-order valence-electron chi connectivity index (χ0n) is 11.8. The number of nitrogens with zero attached hydrogens (tertiary/aromatic N) is 3. The summed E-state index contributed by atoms with van der Waals surface area (Å²) in [6.07, 6.45) is 1.96. The molecule has 2 aromatic carbocycles. The summed E-state index contributed by atoms with van der Waals surface area (Å²) in [7, 11) is 1.94. The maximum atomic E-state index is 11.2. The van der Waals surface area contributed by atoms with Gasteiger partial charge < -0.3 is 9.88 Å². The highest BCUT2D eigenvalue weighted by Crippen LogP contribution is 2.30. The van der Waals surface area contributed by atoms with Crippen LogP contribution in [0.1, 0.15) is 5.56 Å². The van der Waals surface area contributed by atoms with E-state index >= 15 is 0 Å². The van der Waals surface area contributed by atoms with Gasteiger partial charge in [0.05, 0.1) is 16.6 Å². The van der Waals surface area contributed by atoms with Gasteiger partial charge >= 0.3 is 0 Å². The smallest absolute Gasteiger partial charge is 0.293 e. The van der Waals surface area contributed by atoms with Crippen LogP contribution in [-0.4, -0.2) is 9.49 Å². The van der Waals surface area contributed by atoms with Crippen molar-refractivity contribution in [2.45, 2.75) is 0 Å². The van der Waals surface area contributed by atoms with Crippen LogP contribution in [-0.2, 0) is 7.05 Å². The molecule has 22 heavy (non-hydrogen) atoms. The Morgan fingerprint density at radius 3 is 2.77 bits per heavy atom. The van der Waals surface area contributed by atoms with Crippen LogP contribution in [0.5, 0.6) is 0 Å². The van der Waals surface area contributed by atoms with E-state index < -0.39 is 4.92 Å². The highest BCUT2D eigenvalue weighted by atomic mass is 16.6. The number of aryl methyl sites for hydroxylation is 1. The van der Waals surface area contributed by atoms with Crippen molar-refractivity contribution in [2.24, 2.45) is 7.05 Å². The van der Waals surface area contributed by atoms with E-state index in [2.05, 4.69) is 5.32 Å². The van der Waals surface area contributed by atoms with Crippen molar-refractivity contribution in [1.29, 1.82) is 5.26 Å². The molecule has 0 fully saturated rings. The summed E-state index contributed by atoms with van der Waals surface area (Å²) >= 11 is 0. The lowest BCUT2D eigenvalue weighted by molar-refractivity contribution is -0.383. The van der Waals surface area contributed by atoms with Gasteiger partial charge in [-0.2, -0.15) is 5.26 Å². The number of hydrogen-bond donors (Lipinski definition) is 1. The lowest BCUT2D eigenvalue weighted by Crippen LogP contribution is -1.98. The normalized spacial score (nSPS) is 10.4. The molecule has 0 aliphatic heterocycles. The zero-order valence-corrected chi connectivity index (χ0v) is 11.8. The molecule has 0 aliphatic rings. The second kappa shape index (κ2) is 5.22. The third-order valence-electron chi connectivity index (χ3n) is 3.49. The predicted octanol–water partition coefficient (Wildman–Crippen LogP) is 3.70. The fraction of sp³-hybridized carbons (Fsp3) is 0.0625. The summed E-state index contributed by atoms with van der Waals surface area (Å²) in [5.41, 5.74) is 2.28. The fourth-order valence-corrected chi connectivity index (χ4v) is 2.35. The summed E-state index contributed by atoms with van der Waals surface area (Å²) in [6.45, 7) is 0. The van der Waals surface area contributed by atoms with Crippen molar-refractivity contribution in [3.63, 3.8) is 0 Å². The van der Waals surface area contributed by atoms with E-state index in [0.29, 0.717) is 5.69 Å². The van der Waals surface area contributed by atoms with E-state index in [1.54, 1.807) is 12.1 Å². The van der Waals surface area contributed by atoms with Crippen LogP contribution in [0.3, 0.4) is 0 Å². The molecule has 0 spiro atoms. The van der Waals surface area contributed by atoms with E-state index in [1.165, 1.54) is 6.07 Å². The van der Waals surface area contributed by atoms with Crippen LogP contribution in [0, 0.1) is 21.4 Å². The summed E-state index contributed by atoms with van der Waals surface area (Å²) in [5, 5.41) is 24.2. The van der Waals surface area contributed by atoms with Crippen LogP contribution in [0.2, 0.25) is 0 Å². The van der Waals surface area contributed by atoms with Gasteiger partial charge in [0.15, 0.2) is 0 Å². The van der Waals surface area contributed by atoms with E-state index in [0.717, 1.165) is 16.6 Å². The van der Waals surface area contributed by atoms with Crippen LogP contribution in [0.15, 0.2) is 48.7 Å². The summed E-state index contributed by atoms with van der Waals surface area (Å²) < 4.78 is 1.98. The van der Waals surface area contributed by atoms with Crippen molar-refractivity contribution in [2.75, 3.05) is 5.32 Å². The van der Waals surface area contributed by atoms with Gasteiger partial charge in [0.1, 0.15) is 5.69 Å². The first-order chi connectivity index (χ1) is 10.6. The van der Waals surface area contributed by atoms with Crippen molar-refractivity contribution in [1.82, 2.24) is 4.57 Å². The van der Waals surface area contributed by atoms with Gasteiger partial charge in [0.2, 0.25) is 0 Å². The molecular weight excluding hydrogens is 280 g/mol. The van der Waals surface area contributed by atoms with Gasteiger partial charge in [-0.25, -0.2) is 0 Å². The van der Waals surface area contributed by atoms with Gasteiger partial charge in [-0.3, -0.25) is 10.1 Å². The Kier molecular flexibility index (Phi) is 3.24. The van der Waals surface area contributed by atoms with E-state index in [-0.39, 0.29) is 11.3 Å².